The molecule has 1 aromatic rings. The largest absolute Gasteiger partial charge is 0.342 e. The Balaban J connectivity index is 1.29. The molecule has 1 saturated heterocycles. The van der Waals surface area contributed by atoms with E-state index in [9.17, 15) is 4.79 Å². The van der Waals surface area contributed by atoms with Crippen LogP contribution in [0.3, 0.4) is 0 Å². The highest BCUT2D eigenvalue weighted by Gasteiger charge is 2.55. The second-order valence-electron chi connectivity index (χ2n) is 8.60. The van der Waals surface area contributed by atoms with Crippen LogP contribution in [-0.2, 0) is 4.79 Å². The second-order valence-corrected chi connectivity index (χ2v) is 8.60. The smallest absolute Gasteiger partial charge is 0.228 e. The van der Waals surface area contributed by atoms with E-state index >= 15 is 0 Å². The summed E-state index contributed by atoms with van der Waals surface area (Å²) in [5.74, 6) is 3.03. The lowest BCUT2D eigenvalue weighted by atomic mass is 9.49. The lowest BCUT2D eigenvalue weighted by Gasteiger charge is -2.57. The Morgan fingerprint density at radius 2 is 1.61 bits per heavy atom. The summed E-state index contributed by atoms with van der Waals surface area (Å²) in [6.07, 6.45) is 13.5. The number of aromatic nitrogens is 3. The van der Waals surface area contributed by atoms with E-state index in [1.807, 2.05) is 10.9 Å². The Bertz CT molecular complexity index is 553. The van der Waals surface area contributed by atoms with E-state index < -0.39 is 0 Å². The molecule has 5 heteroatoms. The molecule has 0 N–H and O–H groups in total. The van der Waals surface area contributed by atoms with Crippen LogP contribution in [0.5, 0.6) is 0 Å². The van der Waals surface area contributed by atoms with Crippen molar-refractivity contribution < 1.29 is 4.79 Å². The summed E-state index contributed by atoms with van der Waals surface area (Å²) in [6.45, 7) is 1.79. The predicted molar refractivity (Wildman–Crippen MR) is 85.5 cm³/mol. The topological polar surface area (TPSA) is 51.0 Å². The number of piperidine rings is 1. The van der Waals surface area contributed by atoms with Crippen molar-refractivity contribution in [3.05, 3.63) is 12.4 Å². The molecule has 1 aliphatic heterocycles. The minimum absolute atomic E-state index is 0.0227. The van der Waals surface area contributed by atoms with Gasteiger partial charge in [0, 0.05) is 19.3 Å². The molecule has 5 fully saturated rings. The number of hydrogen-bond donors (Lipinski definition) is 0. The van der Waals surface area contributed by atoms with Gasteiger partial charge in [0.1, 0.15) is 0 Å². The zero-order valence-electron chi connectivity index (χ0n) is 13.7. The van der Waals surface area contributed by atoms with E-state index in [1.54, 1.807) is 6.20 Å². The van der Waals surface area contributed by atoms with Gasteiger partial charge >= 0.3 is 0 Å². The molecule has 5 nitrogen and oxygen atoms in total. The lowest BCUT2D eigenvalue weighted by Crippen LogP contribution is -2.55. The third-order valence-corrected chi connectivity index (χ3v) is 7.06. The first-order valence-corrected chi connectivity index (χ1v) is 9.37. The van der Waals surface area contributed by atoms with Crippen LogP contribution in [0.15, 0.2) is 12.4 Å². The summed E-state index contributed by atoms with van der Waals surface area (Å²) in [5.41, 5.74) is 0.0227. The van der Waals surface area contributed by atoms with Gasteiger partial charge in [0.2, 0.25) is 5.91 Å². The van der Waals surface area contributed by atoms with Gasteiger partial charge in [-0.1, -0.05) is 5.21 Å². The molecule has 1 amide bonds. The third-order valence-electron chi connectivity index (χ3n) is 7.06. The lowest BCUT2D eigenvalue weighted by molar-refractivity contribution is -0.159. The van der Waals surface area contributed by atoms with Gasteiger partial charge in [0.25, 0.3) is 0 Å². The first-order valence-electron chi connectivity index (χ1n) is 9.37. The van der Waals surface area contributed by atoms with Crippen molar-refractivity contribution in [2.75, 3.05) is 13.1 Å². The maximum absolute atomic E-state index is 13.3. The van der Waals surface area contributed by atoms with Gasteiger partial charge in [0.05, 0.1) is 17.7 Å². The van der Waals surface area contributed by atoms with Gasteiger partial charge in [-0.3, -0.25) is 4.79 Å². The quantitative estimate of drug-likeness (QED) is 0.843. The van der Waals surface area contributed by atoms with E-state index in [-0.39, 0.29) is 5.41 Å². The Kier molecular flexibility index (Phi) is 3.07. The Hall–Kier alpha value is -1.39. The van der Waals surface area contributed by atoms with Gasteiger partial charge in [-0.05, 0) is 69.1 Å². The molecular formula is C18H26N4O. The molecule has 0 radical (unpaired) electrons. The normalized spacial score (nSPS) is 39.8. The number of likely N-dealkylation sites (tertiary alicyclic amines) is 1. The third kappa shape index (κ3) is 2.23. The zero-order chi connectivity index (χ0) is 15.4. The van der Waals surface area contributed by atoms with Crippen LogP contribution in [0.2, 0.25) is 0 Å². The maximum Gasteiger partial charge on any atom is 0.228 e. The van der Waals surface area contributed by atoms with Crippen molar-refractivity contribution in [2.24, 2.45) is 23.2 Å². The molecule has 4 bridgehead atoms. The monoisotopic (exact) mass is 314 g/mol. The fraction of sp³-hybridized carbons (Fsp3) is 0.833. The molecule has 2 heterocycles. The summed E-state index contributed by atoms with van der Waals surface area (Å²) in [7, 11) is 0. The van der Waals surface area contributed by atoms with Gasteiger partial charge < -0.3 is 4.90 Å². The van der Waals surface area contributed by atoms with Crippen molar-refractivity contribution in [1.29, 1.82) is 0 Å². The van der Waals surface area contributed by atoms with Crippen LogP contribution in [0.4, 0.5) is 0 Å². The van der Waals surface area contributed by atoms with Crippen LogP contribution in [-0.4, -0.2) is 38.9 Å². The Labute approximate surface area is 137 Å². The minimum Gasteiger partial charge on any atom is -0.342 e. The van der Waals surface area contributed by atoms with Gasteiger partial charge in [-0.2, -0.15) is 0 Å². The van der Waals surface area contributed by atoms with Gasteiger partial charge in [-0.25, -0.2) is 4.68 Å². The molecule has 0 aromatic carbocycles. The van der Waals surface area contributed by atoms with E-state index in [2.05, 4.69) is 15.2 Å². The molecule has 23 heavy (non-hydrogen) atoms. The van der Waals surface area contributed by atoms with Crippen LogP contribution in [0, 0.1) is 23.2 Å². The van der Waals surface area contributed by atoms with Crippen LogP contribution < -0.4 is 0 Å². The number of amides is 1. The number of carbonyl (C=O) groups is 1. The molecule has 0 atom stereocenters. The average molecular weight is 314 g/mol. The Morgan fingerprint density at radius 3 is 2.13 bits per heavy atom. The second kappa shape index (κ2) is 5.05. The fourth-order valence-corrected chi connectivity index (χ4v) is 6.45. The number of rotatable bonds is 2. The van der Waals surface area contributed by atoms with Crippen LogP contribution in [0.1, 0.15) is 57.4 Å². The van der Waals surface area contributed by atoms with E-state index in [0.717, 1.165) is 43.7 Å². The van der Waals surface area contributed by atoms with Gasteiger partial charge in [0.15, 0.2) is 0 Å². The van der Waals surface area contributed by atoms with Crippen LogP contribution >= 0.6 is 0 Å². The molecule has 5 aliphatic rings. The van der Waals surface area contributed by atoms with E-state index in [1.165, 1.54) is 38.5 Å². The van der Waals surface area contributed by atoms with E-state index in [4.69, 9.17) is 0 Å². The first-order chi connectivity index (χ1) is 11.2. The maximum atomic E-state index is 13.3. The van der Waals surface area contributed by atoms with Crippen molar-refractivity contribution in [3.63, 3.8) is 0 Å². The SMILES string of the molecule is O=C(N1CCC(n2ccnn2)CC1)C12CC3CC(CC(C3)C1)C2. The molecule has 6 rings (SSSR count). The molecule has 4 aliphatic carbocycles. The molecule has 0 unspecified atom stereocenters. The highest BCUT2D eigenvalue weighted by molar-refractivity contribution is 5.83. The van der Waals surface area contributed by atoms with Crippen molar-refractivity contribution in [3.8, 4) is 0 Å². The van der Waals surface area contributed by atoms with Crippen molar-refractivity contribution >= 4 is 5.91 Å². The molecule has 0 spiro atoms. The molecule has 124 valence electrons. The molecule has 4 saturated carbocycles. The summed E-state index contributed by atoms with van der Waals surface area (Å²) < 4.78 is 1.96. The van der Waals surface area contributed by atoms with Gasteiger partial charge in [-0.15, -0.1) is 5.10 Å². The summed E-state index contributed by atoms with van der Waals surface area (Å²) >= 11 is 0. The fourth-order valence-electron chi connectivity index (χ4n) is 6.45. The highest BCUT2D eigenvalue weighted by Crippen LogP contribution is 2.60. The van der Waals surface area contributed by atoms with Crippen LogP contribution in [0.25, 0.3) is 0 Å². The standard InChI is InChI=1S/C18H26N4O/c23-17(18-10-13-7-14(11-18)9-15(8-13)12-18)21-4-1-16(2-5-21)22-6-3-19-20-22/h3,6,13-16H,1-2,4-5,7-12H2. The summed E-state index contributed by atoms with van der Waals surface area (Å²) in [5, 5.41) is 8.04. The predicted octanol–water partition coefficient (Wildman–Crippen LogP) is 2.66. The number of carbonyl (C=O) groups excluding carboxylic acids is 1. The van der Waals surface area contributed by atoms with Crippen molar-refractivity contribution in [2.45, 2.75) is 57.4 Å². The average Bonchev–Trinajstić information content (AvgIpc) is 3.07. The Morgan fingerprint density at radius 1 is 1.00 bits per heavy atom. The van der Waals surface area contributed by atoms with E-state index in [0.29, 0.717) is 11.9 Å². The highest BCUT2D eigenvalue weighted by atomic mass is 16.2. The number of hydrogen-bond acceptors (Lipinski definition) is 3. The summed E-state index contributed by atoms with van der Waals surface area (Å²) in [4.78, 5) is 15.5. The summed E-state index contributed by atoms with van der Waals surface area (Å²) in [6, 6.07) is 0.415. The van der Waals surface area contributed by atoms with Crippen molar-refractivity contribution in [1.82, 2.24) is 19.9 Å². The molecule has 1 aromatic heterocycles. The minimum atomic E-state index is 0.0227. The first kappa shape index (κ1) is 14.0. The molecular weight excluding hydrogens is 288 g/mol. The zero-order valence-corrected chi connectivity index (χ0v) is 13.7. The number of nitrogens with zero attached hydrogens (tertiary/aromatic N) is 4.